The van der Waals surface area contributed by atoms with Gasteiger partial charge in [0.05, 0.1) is 18.9 Å². The number of carbonyl (C=O) groups excluding carboxylic acids is 1. The van der Waals surface area contributed by atoms with E-state index in [0.29, 0.717) is 5.15 Å². The highest BCUT2D eigenvalue weighted by Gasteiger charge is 2.25. The Hall–Kier alpha value is -2.42. The van der Waals surface area contributed by atoms with Gasteiger partial charge in [-0.2, -0.15) is 0 Å². The van der Waals surface area contributed by atoms with Crippen LogP contribution in [0.25, 0.3) is 11.3 Å². The molecule has 1 amide bonds. The predicted octanol–water partition coefficient (Wildman–Crippen LogP) is 4.88. The van der Waals surface area contributed by atoms with Crippen molar-refractivity contribution in [2.24, 2.45) is 0 Å². The molecule has 0 aromatic carbocycles. The van der Waals surface area contributed by atoms with Crippen LogP contribution in [0.3, 0.4) is 0 Å². The fourth-order valence-electron chi connectivity index (χ4n) is 4.52. The second kappa shape index (κ2) is 11.5. The Morgan fingerprint density at radius 2 is 1.83 bits per heavy atom. The van der Waals surface area contributed by atoms with Crippen molar-refractivity contribution in [2.75, 3.05) is 31.6 Å². The number of nitrogens with zero attached hydrogens (tertiary/aromatic N) is 3. The summed E-state index contributed by atoms with van der Waals surface area (Å²) in [6.45, 7) is 9.97. The lowest BCUT2D eigenvalue weighted by Gasteiger charge is -2.31. The van der Waals surface area contributed by atoms with Gasteiger partial charge in [0.1, 0.15) is 10.8 Å². The third-order valence-electron chi connectivity index (χ3n) is 6.29. The second-order valence-corrected chi connectivity index (χ2v) is 10.7. The van der Waals surface area contributed by atoms with Crippen LogP contribution in [0.15, 0.2) is 30.6 Å². The topological polar surface area (TPSA) is 88.6 Å². The van der Waals surface area contributed by atoms with Crippen LogP contribution in [-0.4, -0.2) is 64.9 Å². The Balaban J connectivity index is 1.35. The van der Waals surface area contributed by atoms with Gasteiger partial charge in [-0.1, -0.05) is 17.7 Å². The van der Waals surface area contributed by atoms with Gasteiger partial charge in [-0.15, -0.1) is 0 Å². The number of nitrogens with one attached hydrogen (secondary N) is 2. The van der Waals surface area contributed by atoms with Crippen LogP contribution in [0.4, 0.5) is 10.5 Å². The van der Waals surface area contributed by atoms with Crippen molar-refractivity contribution >= 4 is 23.4 Å². The number of morpholine rings is 1. The number of halogens is 1. The SMILES string of the molecule is CC(C)(C)OC(=O)NC1CCC(Nc2cc(Cl)ncc2-c2ccc(CN3CCOCC3)cn2)CC1. The van der Waals surface area contributed by atoms with Gasteiger partial charge in [0.15, 0.2) is 0 Å². The average Bonchev–Trinajstić information content (AvgIpc) is 2.81. The third-order valence-corrected chi connectivity index (χ3v) is 6.50. The standard InChI is InChI=1S/C26H36ClN5O3/c1-26(2,3)35-25(33)31-20-7-5-19(6-8-20)30-23-14-24(27)29-16-21(23)22-9-4-18(15-28-22)17-32-10-12-34-13-11-32/h4,9,14-16,19-20H,5-8,10-13,17H2,1-3H3,(H,29,30)(H,31,33). The molecule has 1 aliphatic carbocycles. The van der Waals surface area contributed by atoms with Crippen LogP contribution < -0.4 is 10.6 Å². The van der Waals surface area contributed by atoms with E-state index < -0.39 is 5.60 Å². The van der Waals surface area contributed by atoms with Gasteiger partial charge >= 0.3 is 6.09 Å². The number of ether oxygens (including phenoxy) is 2. The van der Waals surface area contributed by atoms with Crippen molar-refractivity contribution in [3.8, 4) is 11.3 Å². The number of carbonyl (C=O) groups is 1. The fourth-order valence-corrected chi connectivity index (χ4v) is 4.68. The summed E-state index contributed by atoms with van der Waals surface area (Å²) in [6, 6.07) is 6.45. The fraction of sp³-hybridized carbons (Fsp3) is 0.577. The molecule has 1 saturated carbocycles. The first kappa shape index (κ1) is 25.7. The Kier molecular flexibility index (Phi) is 8.46. The van der Waals surface area contributed by atoms with Crippen LogP contribution >= 0.6 is 11.6 Å². The number of pyridine rings is 2. The first-order valence-corrected chi connectivity index (χ1v) is 12.8. The summed E-state index contributed by atoms with van der Waals surface area (Å²) in [5.41, 5.74) is 3.42. The average molecular weight is 502 g/mol. The highest BCUT2D eigenvalue weighted by molar-refractivity contribution is 6.29. The first-order chi connectivity index (χ1) is 16.7. The first-order valence-electron chi connectivity index (χ1n) is 12.4. The molecule has 2 aliphatic rings. The normalized spacial score (nSPS) is 21.4. The zero-order valence-corrected chi connectivity index (χ0v) is 21.6. The molecular formula is C26H36ClN5O3. The molecule has 3 heterocycles. The zero-order chi connectivity index (χ0) is 24.8. The molecular weight excluding hydrogens is 466 g/mol. The molecule has 1 aliphatic heterocycles. The van der Waals surface area contributed by atoms with Crippen molar-refractivity contribution in [3.05, 3.63) is 41.3 Å². The van der Waals surface area contributed by atoms with Gasteiger partial charge in [0.2, 0.25) is 0 Å². The molecule has 2 N–H and O–H groups in total. The maximum absolute atomic E-state index is 12.1. The van der Waals surface area contributed by atoms with Gasteiger partial charge in [-0.05, 0) is 64.2 Å². The van der Waals surface area contributed by atoms with E-state index in [2.05, 4.69) is 26.6 Å². The van der Waals surface area contributed by atoms with E-state index in [1.807, 2.05) is 39.1 Å². The minimum absolute atomic E-state index is 0.129. The Bertz CT molecular complexity index is 981. The maximum Gasteiger partial charge on any atom is 0.407 e. The highest BCUT2D eigenvalue weighted by atomic mass is 35.5. The van der Waals surface area contributed by atoms with E-state index in [4.69, 9.17) is 26.1 Å². The molecule has 0 radical (unpaired) electrons. The van der Waals surface area contributed by atoms with Gasteiger partial charge in [0.25, 0.3) is 0 Å². The summed E-state index contributed by atoms with van der Waals surface area (Å²) in [5, 5.41) is 7.10. The summed E-state index contributed by atoms with van der Waals surface area (Å²) < 4.78 is 10.8. The summed E-state index contributed by atoms with van der Waals surface area (Å²) >= 11 is 6.24. The van der Waals surface area contributed by atoms with Crippen molar-refractivity contribution in [3.63, 3.8) is 0 Å². The van der Waals surface area contributed by atoms with Crippen LogP contribution in [0.1, 0.15) is 52.0 Å². The van der Waals surface area contributed by atoms with E-state index in [1.165, 1.54) is 5.56 Å². The van der Waals surface area contributed by atoms with Crippen molar-refractivity contribution in [1.82, 2.24) is 20.2 Å². The monoisotopic (exact) mass is 501 g/mol. The molecule has 0 atom stereocenters. The summed E-state index contributed by atoms with van der Waals surface area (Å²) in [5.74, 6) is 0. The van der Waals surface area contributed by atoms with Crippen LogP contribution in [0, 0.1) is 0 Å². The molecule has 4 rings (SSSR count). The number of rotatable bonds is 6. The van der Waals surface area contributed by atoms with Crippen molar-refractivity contribution < 1.29 is 14.3 Å². The van der Waals surface area contributed by atoms with Crippen molar-refractivity contribution in [2.45, 2.75) is 70.7 Å². The van der Waals surface area contributed by atoms with Gasteiger partial charge < -0.3 is 20.1 Å². The Labute approximate surface area is 212 Å². The van der Waals surface area contributed by atoms with E-state index >= 15 is 0 Å². The lowest BCUT2D eigenvalue weighted by atomic mass is 9.91. The van der Waals surface area contributed by atoms with Gasteiger partial charge in [-0.25, -0.2) is 9.78 Å². The Morgan fingerprint density at radius 3 is 2.49 bits per heavy atom. The van der Waals surface area contributed by atoms with E-state index in [0.717, 1.165) is 75.5 Å². The quantitative estimate of drug-likeness (QED) is 0.545. The lowest BCUT2D eigenvalue weighted by molar-refractivity contribution is 0.0341. The minimum Gasteiger partial charge on any atom is -0.444 e. The van der Waals surface area contributed by atoms with E-state index in [1.54, 1.807) is 6.20 Å². The third kappa shape index (κ3) is 7.78. The molecule has 35 heavy (non-hydrogen) atoms. The lowest BCUT2D eigenvalue weighted by Crippen LogP contribution is -2.42. The number of aromatic nitrogens is 2. The number of amides is 1. The summed E-state index contributed by atoms with van der Waals surface area (Å²) in [4.78, 5) is 23.5. The van der Waals surface area contributed by atoms with E-state index in [9.17, 15) is 4.79 Å². The van der Waals surface area contributed by atoms with Crippen LogP contribution in [-0.2, 0) is 16.0 Å². The molecule has 8 nitrogen and oxygen atoms in total. The maximum atomic E-state index is 12.1. The smallest absolute Gasteiger partial charge is 0.407 e. The van der Waals surface area contributed by atoms with E-state index in [-0.39, 0.29) is 18.2 Å². The summed E-state index contributed by atoms with van der Waals surface area (Å²) in [7, 11) is 0. The van der Waals surface area contributed by atoms with Crippen molar-refractivity contribution in [1.29, 1.82) is 0 Å². The molecule has 0 spiro atoms. The molecule has 9 heteroatoms. The van der Waals surface area contributed by atoms with Gasteiger partial charge in [-0.3, -0.25) is 9.88 Å². The highest BCUT2D eigenvalue weighted by Crippen LogP contribution is 2.31. The Morgan fingerprint density at radius 1 is 1.11 bits per heavy atom. The number of hydrogen-bond acceptors (Lipinski definition) is 7. The van der Waals surface area contributed by atoms with Gasteiger partial charge in [0, 0.05) is 55.4 Å². The molecule has 0 bridgehead atoms. The second-order valence-electron chi connectivity index (χ2n) is 10.3. The number of anilines is 1. The number of hydrogen-bond donors (Lipinski definition) is 2. The summed E-state index contributed by atoms with van der Waals surface area (Å²) in [6.07, 6.45) is 7.03. The zero-order valence-electron chi connectivity index (χ0n) is 20.8. The molecule has 2 aromatic rings. The molecule has 2 fully saturated rings. The van der Waals surface area contributed by atoms with Crippen LogP contribution in [0.2, 0.25) is 5.15 Å². The minimum atomic E-state index is -0.491. The predicted molar refractivity (Wildman–Crippen MR) is 138 cm³/mol. The number of alkyl carbamates (subject to hydrolysis) is 1. The largest absolute Gasteiger partial charge is 0.444 e. The molecule has 0 unspecified atom stereocenters. The molecule has 1 saturated heterocycles. The molecule has 2 aromatic heterocycles. The molecule has 190 valence electrons. The van der Waals surface area contributed by atoms with Crippen LogP contribution in [0.5, 0.6) is 0 Å².